The Bertz CT molecular complexity index is 594. The molecule has 0 bridgehead atoms. The van der Waals surface area contributed by atoms with Gasteiger partial charge in [-0.05, 0) is 37.1 Å². The third-order valence-corrected chi connectivity index (χ3v) is 4.87. The van der Waals surface area contributed by atoms with Crippen molar-refractivity contribution in [3.05, 3.63) is 35.6 Å². The smallest absolute Gasteiger partial charge is 0.253 e. The van der Waals surface area contributed by atoms with Crippen LogP contribution in [0, 0.1) is 5.82 Å². The molecule has 0 aromatic heterocycles. The van der Waals surface area contributed by atoms with Gasteiger partial charge in [0.25, 0.3) is 5.91 Å². The number of hydrogen-bond donors (Lipinski definition) is 1. The molecule has 0 atom stereocenters. The summed E-state index contributed by atoms with van der Waals surface area (Å²) in [4.78, 5) is 28.4. The monoisotopic (exact) mass is 355 g/mol. The number of amides is 2. The highest BCUT2D eigenvalue weighted by Crippen LogP contribution is 2.29. The zero-order chi connectivity index (χ0) is 16.4. The molecule has 24 heavy (non-hydrogen) atoms. The van der Waals surface area contributed by atoms with E-state index >= 15 is 0 Å². The molecule has 1 heterocycles. The van der Waals surface area contributed by atoms with Gasteiger partial charge in [-0.1, -0.05) is 12.8 Å². The van der Waals surface area contributed by atoms with Gasteiger partial charge in [0.15, 0.2) is 0 Å². The van der Waals surface area contributed by atoms with Gasteiger partial charge >= 0.3 is 0 Å². The predicted molar refractivity (Wildman–Crippen MR) is 91.5 cm³/mol. The van der Waals surface area contributed by atoms with Crippen LogP contribution in [-0.2, 0) is 4.79 Å². The van der Waals surface area contributed by atoms with Crippen molar-refractivity contribution in [3.63, 3.8) is 0 Å². The van der Waals surface area contributed by atoms with Crippen LogP contribution in [0.25, 0.3) is 0 Å². The molecule has 7 heteroatoms. The number of carbonyl (C=O) groups excluding carboxylic acids is 2. The van der Waals surface area contributed by atoms with Crippen molar-refractivity contribution in [2.45, 2.75) is 31.2 Å². The Morgan fingerprint density at radius 1 is 0.958 bits per heavy atom. The van der Waals surface area contributed by atoms with Crippen molar-refractivity contribution in [3.8, 4) is 0 Å². The summed E-state index contributed by atoms with van der Waals surface area (Å²) in [6, 6.07) is 5.54. The Kier molecular flexibility index (Phi) is 5.83. The summed E-state index contributed by atoms with van der Waals surface area (Å²) in [5, 5.41) is 0. The maximum absolute atomic E-state index is 12.9. The maximum Gasteiger partial charge on any atom is 0.253 e. The second-order valence-electron chi connectivity index (χ2n) is 6.45. The van der Waals surface area contributed by atoms with Gasteiger partial charge in [0.1, 0.15) is 5.82 Å². The van der Waals surface area contributed by atoms with E-state index in [1.165, 1.54) is 24.3 Å². The number of nitrogens with two attached hydrogens (primary N) is 1. The van der Waals surface area contributed by atoms with E-state index in [0.29, 0.717) is 31.7 Å². The number of hydrogen-bond acceptors (Lipinski definition) is 3. The summed E-state index contributed by atoms with van der Waals surface area (Å²) < 4.78 is 12.9. The van der Waals surface area contributed by atoms with Gasteiger partial charge in [0, 0.05) is 31.7 Å². The van der Waals surface area contributed by atoms with Crippen molar-refractivity contribution < 1.29 is 14.0 Å². The van der Waals surface area contributed by atoms with Gasteiger partial charge in [0.05, 0.1) is 5.54 Å². The molecule has 132 valence electrons. The molecule has 5 nitrogen and oxygen atoms in total. The highest BCUT2D eigenvalue weighted by molar-refractivity contribution is 5.94. The van der Waals surface area contributed by atoms with E-state index in [4.69, 9.17) is 5.73 Å². The first kappa shape index (κ1) is 18.7. The first-order valence-electron chi connectivity index (χ1n) is 8.13. The molecule has 1 aromatic carbocycles. The van der Waals surface area contributed by atoms with E-state index in [0.717, 1.165) is 25.7 Å². The first-order chi connectivity index (χ1) is 11.0. The number of halogens is 2. The normalized spacial score (nSPS) is 19.8. The van der Waals surface area contributed by atoms with E-state index in [-0.39, 0.29) is 30.0 Å². The summed E-state index contributed by atoms with van der Waals surface area (Å²) in [5.74, 6) is -0.467. The summed E-state index contributed by atoms with van der Waals surface area (Å²) in [7, 11) is 0. The second kappa shape index (κ2) is 7.49. The molecule has 2 N–H and O–H groups in total. The molecule has 1 aliphatic carbocycles. The van der Waals surface area contributed by atoms with Crippen LogP contribution in [0.1, 0.15) is 36.0 Å². The molecule has 1 saturated carbocycles. The van der Waals surface area contributed by atoms with Gasteiger partial charge in [-0.25, -0.2) is 4.39 Å². The van der Waals surface area contributed by atoms with Crippen LogP contribution in [0.15, 0.2) is 24.3 Å². The Morgan fingerprint density at radius 2 is 1.46 bits per heavy atom. The van der Waals surface area contributed by atoms with Crippen LogP contribution in [0.4, 0.5) is 4.39 Å². The van der Waals surface area contributed by atoms with Crippen LogP contribution < -0.4 is 5.73 Å². The molecule has 2 amide bonds. The quantitative estimate of drug-likeness (QED) is 0.879. The summed E-state index contributed by atoms with van der Waals surface area (Å²) in [5.41, 5.74) is 5.99. The summed E-state index contributed by atoms with van der Waals surface area (Å²) >= 11 is 0. The van der Waals surface area contributed by atoms with E-state index < -0.39 is 5.54 Å². The lowest BCUT2D eigenvalue weighted by molar-refractivity contribution is -0.138. The minimum atomic E-state index is -0.705. The molecule has 2 fully saturated rings. The molecule has 1 aromatic rings. The van der Waals surface area contributed by atoms with Crippen LogP contribution in [0.5, 0.6) is 0 Å². The largest absolute Gasteiger partial charge is 0.338 e. The van der Waals surface area contributed by atoms with E-state index in [9.17, 15) is 14.0 Å². The fourth-order valence-electron chi connectivity index (χ4n) is 3.42. The van der Waals surface area contributed by atoms with Gasteiger partial charge in [-0.3, -0.25) is 9.59 Å². The zero-order valence-electron chi connectivity index (χ0n) is 13.5. The van der Waals surface area contributed by atoms with Crippen molar-refractivity contribution in [1.29, 1.82) is 0 Å². The lowest BCUT2D eigenvalue weighted by Gasteiger charge is -2.38. The Hall–Kier alpha value is -1.66. The Balaban J connectivity index is 0.00000208. The summed E-state index contributed by atoms with van der Waals surface area (Å²) in [6.07, 6.45) is 3.51. The molecule has 2 aliphatic rings. The minimum absolute atomic E-state index is 0. The van der Waals surface area contributed by atoms with Crippen molar-refractivity contribution in [2.75, 3.05) is 26.2 Å². The molecular weight excluding hydrogens is 333 g/mol. The molecule has 1 saturated heterocycles. The van der Waals surface area contributed by atoms with E-state index in [1.807, 2.05) is 0 Å². The Morgan fingerprint density at radius 3 is 2.00 bits per heavy atom. The van der Waals surface area contributed by atoms with Gasteiger partial charge in [-0.2, -0.15) is 0 Å². The number of rotatable bonds is 2. The predicted octanol–water partition coefficient (Wildman–Crippen LogP) is 1.80. The van der Waals surface area contributed by atoms with Crippen molar-refractivity contribution >= 4 is 24.2 Å². The summed E-state index contributed by atoms with van der Waals surface area (Å²) in [6.45, 7) is 1.98. The van der Waals surface area contributed by atoms with Crippen LogP contribution in [0.3, 0.4) is 0 Å². The average molecular weight is 356 g/mol. The number of benzene rings is 1. The molecule has 3 rings (SSSR count). The zero-order valence-corrected chi connectivity index (χ0v) is 14.4. The molecular formula is C17H23ClFN3O2. The lowest BCUT2D eigenvalue weighted by atomic mass is 9.97. The second-order valence-corrected chi connectivity index (χ2v) is 6.45. The third kappa shape index (κ3) is 3.70. The van der Waals surface area contributed by atoms with Crippen LogP contribution in [0.2, 0.25) is 0 Å². The van der Waals surface area contributed by atoms with Crippen LogP contribution >= 0.6 is 12.4 Å². The first-order valence-corrected chi connectivity index (χ1v) is 8.13. The fraction of sp³-hybridized carbons (Fsp3) is 0.529. The van der Waals surface area contributed by atoms with Crippen molar-refractivity contribution in [2.24, 2.45) is 5.73 Å². The molecule has 0 spiro atoms. The minimum Gasteiger partial charge on any atom is -0.338 e. The van der Waals surface area contributed by atoms with Crippen LogP contribution in [-0.4, -0.2) is 53.3 Å². The molecule has 0 radical (unpaired) electrons. The van der Waals surface area contributed by atoms with Gasteiger partial charge in [-0.15, -0.1) is 12.4 Å². The third-order valence-electron chi connectivity index (χ3n) is 4.87. The standard InChI is InChI=1S/C17H22FN3O2.ClH/c18-14-5-3-13(4-6-14)15(22)20-9-11-21(12-10-20)16(23)17(19)7-1-2-8-17;/h3-6H,1-2,7-12,19H2;1H. The average Bonchev–Trinajstić information content (AvgIpc) is 3.02. The number of piperazine rings is 1. The lowest BCUT2D eigenvalue weighted by Crippen LogP contribution is -2.59. The van der Waals surface area contributed by atoms with Gasteiger partial charge < -0.3 is 15.5 Å². The van der Waals surface area contributed by atoms with E-state index in [1.54, 1.807) is 9.80 Å². The number of carbonyl (C=O) groups is 2. The topological polar surface area (TPSA) is 66.6 Å². The van der Waals surface area contributed by atoms with Gasteiger partial charge in [0.2, 0.25) is 5.91 Å². The molecule has 1 aliphatic heterocycles. The Labute approximate surface area is 147 Å². The highest BCUT2D eigenvalue weighted by atomic mass is 35.5. The number of nitrogens with zero attached hydrogens (tertiary/aromatic N) is 2. The fourth-order valence-corrected chi connectivity index (χ4v) is 3.42. The molecule has 0 unspecified atom stereocenters. The SMILES string of the molecule is Cl.NC1(C(=O)N2CCN(C(=O)c3ccc(F)cc3)CC2)CCCC1. The maximum atomic E-state index is 12.9. The van der Waals surface area contributed by atoms with Crippen molar-refractivity contribution in [1.82, 2.24) is 9.80 Å². The highest BCUT2D eigenvalue weighted by Gasteiger charge is 2.40. The van der Waals surface area contributed by atoms with E-state index in [2.05, 4.69) is 0 Å².